The van der Waals surface area contributed by atoms with Crippen LogP contribution in [0.2, 0.25) is 0 Å². The van der Waals surface area contributed by atoms with Gasteiger partial charge in [0.15, 0.2) is 0 Å². The summed E-state index contributed by atoms with van der Waals surface area (Å²) < 4.78 is 10.8. The van der Waals surface area contributed by atoms with Crippen LogP contribution in [-0.2, 0) is 25.2 Å². The second-order valence-electron chi connectivity index (χ2n) is 8.14. The summed E-state index contributed by atoms with van der Waals surface area (Å²) in [5.74, 6) is 0.258. The molecule has 3 aromatic rings. The van der Waals surface area contributed by atoms with Crippen LogP contribution in [0.5, 0.6) is 5.75 Å². The monoisotopic (exact) mass is 413 g/mol. The first kappa shape index (κ1) is 19.4. The number of amides is 1. The van der Waals surface area contributed by atoms with Gasteiger partial charge in [-0.3, -0.25) is 9.59 Å². The average Bonchev–Trinajstić information content (AvgIpc) is 3.26. The van der Waals surface area contributed by atoms with Gasteiger partial charge in [-0.2, -0.15) is 0 Å². The van der Waals surface area contributed by atoms with Crippen LogP contribution in [0.3, 0.4) is 0 Å². The third-order valence-electron chi connectivity index (χ3n) is 6.87. The fourth-order valence-electron chi connectivity index (χ4n) is 5.49. The van der Waals surface area contributed by atoms with E-state index in [2.05, 4.69) is 0 Å². The van der Waals surface area contributed by atoms with Gasteiger partial charge in [0.2, 0.25) is 5.91 Å². The van der Waals surface area contributed by atoms with Gasteiger partial charge in [-0.05, 0) is 46.9 Å². The molecule has 1 amide bonds. The lowest BCUT2D eigenvalue weighted by Gasteiger charge is -2.30. The van der Waals surface area contributed by atoms with Crippen LogP contribution >= 0.6 is 0 Å². The molecule has 156 valence electrons. The third kappa shape index (κ3) is 2.31. The van der Waals surface area contributed by atoms with E-state index in [0.29, 0.717) is 5.75 Å². The van der Waals surface area contributed by atoms with Crippen molar-refractivity contribution in [1.29, 1.82) is 0 Å². The minimum Gasteiger partial charge on any atom is -0.497 e. The van der Waals surface area contributed by atoms with Crippen molar-refractivity contribution in [2.45, 2.75) is 17.3 Å². The molecule has 0 saturated heterocycles. The van der Waals surface area contributed by atoms with Gasteiger partial charge < -0.3 is 14.4 Å². The van der Waals surface area contributed by atoms with E-state index >= 15 is 0 Å². The first-order valence-corrected chi connectivity index (χ1v) is 10.2. The Bertz CT molecular complexity index is 1210. The first-order valence-electron chi connectivity index (χ1n) is 10.2. The Morgan fingerprint density at radius 3 is 2.26 bits per heavy atom. The molecule has 1 aliphatic heterocycles. The minimum atomic E-state index is -1.09. The number of carbonyl (C=O) groups is 2. The Labute approximate surface area is 181 Å². The smallest absolute Gasteiger partial charge is 0.320 e. The Kier molecular flexibility index (Phi) is 4.19. The molecule has 1 aliphatic carbocycles. The Morgan fingerprint density at radius 1 is 0.903 bits per heavy atom. The lowest BCUT2D eigenvalue weighted by molar-refractivity contribution is -0.146. The fourth-order valence-corrected chi connectivity index (χ4v) is 5.49. The van der Waals surface area contributed by atoms with Gasteiger partial charge in [-0.25, -0.2) is 0 Å². The number of benzene rings is 3. The molecule has 0 fully saturated rings. The fraction of sp³-hybridized carbons (Fsp3) is 0.231. The third-order valence-corrected chi connectivity index (χ3v) is 6.87. The first-order chi connectivity index (χ1) is 15.0. The summed E-state index contributed by atoms with van der Waals surface area (Å²) in [6.45, 7) is 0. The Morgan fingerprint density at radius 2 is 1.58 bits per heavy atom. The number of hydrogen-bond donors (Lipinski definition) is 0. The molecule has 5 heteroatoms. The number of hydrogen-bond acceptors (Lipinski definition) is 4. The SMILES string of the molecule is COC(=O)C1(c2ccccc2)CC2(C(=O)N(C)c3ccc(OC)cc32)c2ccccc21. The van der Waals surface area contributed by atoms with E-state index in [1.54, 1.807) is 19.1 Å². The van der Waals surface area contributed by atoms with E-state index < -0.39 is 10.8 Å². The number of methoxy groups -OCH3 is 2. The molecular weight excluding hydrogens is 390 g/mol. The number of ether oxygens (including phenoxy) is 2. The molecule has 2 atom stereocenters. The number of esters is 1. The van der Waals surface area contributed by atoms with E-state index in [-0.39, 0.29) is 18.3 Å². The van der Waals surface area contributed by atoms with Crippen molar-refractivity contribution in [2.24, 2.45) is 0 Å². The van der Waals surface area contributed by atoms with Crippen molar-refractivity contribution in [2.75, 3.05) is 26.2 Å². The molecule has 3 aromatic carbocycles. The molecule has 5 nitrogen and oxygen atoms in total. The number of nitrogens with zero attached hydrogens (tertiary/aromatic N) is 1. The normalized spacial score (nSPS) is 23.6. The second-order valence-corrected chi connectivity index (χ2v) is 8.14. The highest BCUT2D eigenvalue weighted by Gasteiger charge is 2.64. The molecule has 2 unspecified atom stereocenters. The topological polar surface area (TPSA) is 55.8 Å². The van der Waals surface area contributed by atoms with Crippen molar-refractivity contribution in [1.82, 2.24) is 0 Å². The van der Waals surface area contributed by atoms with E-state index in [9.17, 15) is 9.59 Å². The van der Waals surface area contributed by atoms with Crippen LogP contribution in [0.15, 0.2) is 72.8 Å². The average molecular weight is 413 g/mol. The lowest BCUT2D eigenvalue weighted by Crippen LogP contribution is -2.43. The summed E-state index contributed by atoms with van der Waals surface area (Å²) in [4.78, 5) is 29.1. The molecule has 0 aromatic heterocycles. The summed E-state index contributed by atoms with van der Waals surface area (Å²) in [6.07, 6.45) is 0.263. The van der Waals surface area contributed by atoms with E-state index in [1.165, 1.54) is 7.11 Å². The predicted octanol–water partition coefficient (Wildman–Crippen LogP) is 3.82. The number of fused-ring (bicyclic) bond motifs is 4. The van der Waals surface area contributed by atoms with Crippen LogP contribution in [-0.4, -0.2) is 33.1 Å². The Balaban J connectivity index is 1.87. The summed E-state index contributed by atoms with van der Waals surface area (Å²) >= 11 is 0. The minimum absolute atomic E-state index is 0.0510. The molecule has 0 N–H and O–H groups in total. The van der Waals surface area contributed by atoms with Crippen molar-refractivity contribution >= 4 is 17.6 Å². The zero-order valence-corrected chi connectivity index (χ0v) is 17.7. The molecule has 1 heterocycles. The van der Waals surface area contributed by atoms with Crippen LogP contribution in [0.25, 0.3) is 0 Å². The molecular formula is C26H23NO4. The number of rotatable bonds is 3. The van der Waals surface area contributed by atoms with Gasteiger partial charge in [0, 0.05) is 12.7 Å². The quantitative estimate of drug-likeness (QED) is 0.613. The highest BCUT2D eigenvalue weighted by Crippen LogP contribution is 2.61. The van der Waals surface area contributed by atoms with Crippen LogP contribution in [0, 0.1) is 0 Å². The van der Waals surface area contributed by atoms with Gasteiger partial charge in [0.05, 0.1) is 14.2 Å². The number of likely N-dealkylation sites (N-methyl/N-ethyl adjacent to an activating group) is 1. The maximum Gasteiger partial charge on any atom is 0.320 e. The molecule has 0 saturated carbocycles. The number of anilines is 1. The predicted molar refractivity (Wildman–Crippen MR) is 117 cm³/mol. The zero-order chi connectivity index (χ0) is 21.8. The highest BCUT2D eigenvalue weighted by molar-refractivity contribution is 6.12. The Hall–Kier alpha value is -3.60. The summed E-state index contributed by atoms with van der Waals surface area (Å²) in [6, 6.07) is 23.0. The number of carbonyl (C=O) groups excluding carboxylic acids is 2. The standard InChI is InChI=1S/C26H23NO4/c1-27-22-14-13-18(30-2)15-21(22)26(23(27)28)16-25(24(29)31-3,17-9-5-4-6-10-17)19-11-7-8-12-20(19)26/h4-15H,16H2,1-3H3. The van der Waals surface area contributed by atoms with Gasteiger partial charge in [-0.15, -0.1) is 0 Å². The van der Waals surface area contributed by atoms with Crippen LogP contribution < -0.4 is 9.64 Å². The molecule has 1 spiro atoms. The summed E-state index contributed by atoms with van der Waals surface area (Å²) in [5, 5.41) is 0. The molecule has 31 heavy (non-hydrogen) atoms. The summed E-state index contributed by atoms with van der Waals surface area (Å²) in [5.41, 5.74) is 2.06. The lowest BCUT2D eigenvalue weighted by atomic mass is 9.70. The van der Waals surface area contributed by atoms with Crippen molar-refractivity contribution in [3.63, 3.8) is 0 Å². The van der Waals surface area contributed by atoms with Gasteiger partial charge in [-0.1, -0.05) is 54.6 Å². The van der Waals surface area contributed by atoms with E-state index in [4.69, 9.17) is 9.47 Å². The largest absolute Gasteiger partial charge is 0.497 e. The van der Waals surface area contributed by atoms with Gasteiger partial charge in [0.25, 0.3) is 0 Å². The molecule has 2 aliphatic rings. The van der Waals surface area contributed by atoms with Gasteiger partial charge in [0.1, 0.15) is 16.6 Å². The second kappa shape index (κ2) is 6.71. The van der Waals surface area contributed by atoms with Crippen LogP contribution in [0.1, 0.15) is 28.7 Å². The van der Waals surface area contributed by atoms with Crippen molar-refractivity contribution in [3.8, 4) is 5.75 Å². The van der Waals surface area contributed by atoms with Crippen molar-refractivity contribution < 1.29 is 19.1 Å². The van der Waals surface area contributed by atoms with Crippen LogP contribution in [0.4, 0.5) is 5.69 Å². The van der Waals surface area contributed by atoms with E-state index in [1.807, 2.05) is 72.8 Å². The zero-order valence-electron chi connectivity index (χ0n) is 17.7. The maximum absolute atomic E-state index is 13.9. The maximum atomic E-state index is 13.9. The van der Waals surface area contributed by atoms with Crippen molar-refractivity contribution in [3.05, 3.63) is 95.1 Å². The molecule has 0 bridgehead atoms. The highest BCUT2D eigenvalue weighted by atomic mass is 16.5. The molecule has 5 rings (SSSR count). The van der Waals surface area contributed by atoms with Gasteiger partial charge >= 0.3 is 5.97 Å². The van der Waals surface area contributed by atoms with E-state index in [0.717, 1.165) is 27.9 Å². The molecule has 0 radical (unpaired) electrons. The summed E-state index contributed by atoms with van der Waals surface area (Å²) in [7, 11) is 4.80.